The number of rotatable bonds is 6. The molecule has 1 aromatic carbocycles. The molecule has 0 saturated carbocycles. The fraction of sp³-hybridized carbons (Fsp3) is 0.381. The molecule has 7 heteroatoms. The highest BCUT2D eigenvalue weighted by Crippen LogP contribution is 2.28. The van der Waals surface area contributed by atoms with Crippen molar-refractivity contribution in [2.45, 2.75) is 25.8 Å². The van der Waals surface area contributed by atoms with Gasteiger partial charge in [0.1, 0.15) is 0 Å². The van der Waals surface area contributed by atoms with Crippen LogP contribution >= 0.6 is 0 Å². The van der Waals surface area contributed by atoms with Crippen LogP contribution in [0.15, 0.2) is 30.6 Å². The van der Waals surface area contributed by atoms with Crippen LogP contribution in [0, 0.1) is 0 Å². The number of amides is 1. The molecular weight excluding hydrogens is 360 g/mol. The Labute approximate surface area is 164 Å². The Morgan fingerprint density at radius 2 is 1.89 bits per heavy atom. The van der Waals surface area contributed by atoms with E-state index >= 15 is 0 Å². The van der Waals surface area contributed by atoms with Crippen LogP contribution in [0.4, 0.5) is 0 Å². The smallest absolute Gasteiger partial charge is 0.339 e. The van der Waals surface area contributed by atoms with Crippen LogP contribution in [-0.2, 0) is 28.9 Å². The lowest BCUT2D eigenvalue weighted by Gasteiger charge is -2.29. The summed E-state index contributed by atoms with van der Waals surface area (Å²) < 4.78 is 15.4. The monoisotopic (exact) mass is 384 g/mol. The van der Waals surface area contributed by atoms with E-state index in [-0.39, 0.29) is 5.91 Å². The lowest BCUT2D eigenvalue weighted by Crippen LogP contribution is -2.36. The lowest BCUT2D eigenvalue weighted by molar-refractivity contribution is -0.132. The topological polar surface area (TPSA) is 78.0 Å². The van der Waals surface area contributed by atoms with Crippen LogP contribution in [0.2, 0.25) is 0 Å². The van der Waals surface area contributed by atoms with Gasteiger partial charge in [0.25, 0.3) is 0 Å². The Hall–Kier alpha value is -3.09. The Balaban J connectivity index is 1.65. The number of carbonyl (C=O) groups is 2. The number of pyridine rings is 1. The summed E-state index contributed by atoms with van der Waals surface area (Å²) in [6.45, 7) is 1.03. The van der Waals surface area contributed by atoms with Crippen LogP contribution in [0.5, 0.6) is 11.5 Å². The van der Waals surface area contributed by atoms with Gasteiger partial charge in [0, 0.05) is 31.9 Å². The van der Waals surface area contributed by atoms with Crippen molar-refractivity contribution in [2.75, 3.05) is 27.9 Å². The van der Waals surface area contributed by atoms with Crippen LogP contribution in [0.1, 0.15) is 33.5 Å². The number of aromatic nitrogens is 1. The molecular formula is C21H24N2O5. The molecule has 0 N–H and O–H groups in total. The van der Waals surface area contributed by atoms with Gasteiger partial charge in [-0.1, -0.05) is 6.07 Å². The Bertz CT molecular complexity index is 881. The first-order valence-electron chi connectivity index (χ1n) is 9.10. The SMILES string of the molecule is COC(=O)c1cncc2c1CCN(C(=O)CCc1ccc(OC)c(OC)c1)C2. The van der Waals surface area contributed by atoms with E-state index in [1.54, 1.807) is 20.4 Å². The first-order valence-corrected chi connectivity index (χ1v) is 9.10. The summed E-state index contributed by atoms with van der Waals surface area (Å²) in [6, 6.07) is 5.67. The van der Waals surface area contributed by atoms with Gasteiger partial charge in [-0.05, 0) is 41.7 Å². The average Bonchev–Trinajstić information content (AvgIpc) is 2.75. The second-order valence-corrected chi connectivity index (χ2v) is 6.57. The highest BCUT2D eigenvalue weighted by Gasteiger charge is 2.25. The third-order valence-electron chi connectivity index (χ3n) is 4.97. The summed E-state index contributed by atoms with van der Waals surface area (Å²) >= 11 is 0. The van der Waals surface area contributed by atoms with Crippen molar-refractivity contribution in [1.29, 1.82) is 0 Å². The zero-order chi connectivity index (χ0) is 20.1. The molecule has 0 atom stereocenters. The molecule has 2 heterocycles. The van der Waals surface area contributed by atoms with Crippen molar-refractivity contribution < 1.29 is 23.8 Å². The molecule has 0 spiro atoms. The van der Waals surface area contributed by atoms with E-state index in [0.29, 0.717) is 49.4 Å². The van der Waals surface area contributed by atoms with Gasteiger partial charge in [0.15, 0.2) is 11.5 Å². The number of nitrogens with zero attached hydrogens (tertiary/aromatic N) is 2. The Morgan fingerprint density at radius 1 is 1.11 bits per heavy atom. The summed E-state index contributed by atoms with van der Waals surface area (Å²) in [5.74, 6) is 1.00. The fourth-order valence-corrected chi connectivity index (χ4v) is 3.44. The van der Waals surface area contributed by atoms with E-state index in [4.69, 9.17) is 14.2 Å². The maximum atomic E-state index is 12.7. The highest BCUT2D eigenvalue weighted by atomic mass is 16.5. The zero-order valence-corrected chi connectivity index (χ0v) is 16.4. The number of esters is 1. The minimum absolute atomic E-state index is 0.0731. The van der Waals surface area contributed by atoms with E-state index in [9.17, 15) is 9.59 Å². The first-order chi connectivity index (χ1) is 13.6. The summed E-state index contributed by atoms with van der Waals surface area (Å²) in [6.07, 6.45) is 4.87. The van der Waals surface area contributed by atoms with Crippen LogP contribution in [0.3, 0.4) is 0 Å². The molecule has 28 heavy (non-hydrogen) atoms. The molecule has 1 amide bonds. The summed E-state index contributed by atoms with van der Waals surface area (Å²) in [7, 11) is 4.54. The molecule has 0 unspecified atom stereocenters. The van der Waals surface area contributed by atoms with Crippen molar-refractivity contribution in [1.82, 2.24) is 9.88 Å². The van der Waals surface area contributed by atoms with Crippen LogP contribution in [-0.4, -0.2) is 49.6 Å². The number of hydrogen-bond donors (Lipinski definition) is 0. The molecule has 1 aliphatic rings. The van der Waals surface area contributed by atoms with Crippen LogP contribution < -0.4 is 9.47 Å². The molecule has 0 bridgehead atoms. The molecule has 0 aliphatic carbocycles. The summed E-state index contributed by atoms with van der Waals surface area (Å²) in [5, 5.41) is 0. The summed E-state index contributed by atoms with van der Waals surface area (Å²) in [5.41, 5.74) is 3.31. The third kappa shape index (κ3) is 4.08. The molecule has 3 rings (SSSR count). The zero-order valence-electron chi connectivity index (χ0n) is 16.4. The van der Waals surface area contributed by atoms with Crippen molar-refractivity contribution >= 4 is 11.9 Å². The van der Waals surface area contributed by atoms with Gasteiger partial charge in [-0.15, -0.1) is 0 Å². The average molecular weight is 384 g/mol. The standard InChI is InChI=1S/C21H24N2O5/c1-26-18-6-4-14(10-19(18)27-2)5-7-20(24)23-9-8-16-15(13-23)11-22-12-17(16)21(25)28-3/h4,6,10-12H,5,7-9,13H2,1-3H3. The number of benzene rings is 1. The molecule has 7 nitrogen and oxygen atoms in total. The van der Waals surface area contributed by atoms with E-state index in [0.717, 1.165) is 16.7 Å². The van der Waals surface area contributed by atoms with E-state index in [2.05, 4.69) is 4.98 Å². The predicted octanol–water partition coefficient (Wildman–Crippen LogP) is 2.40. The Kier molecular flexibility index (Phi) is 6.13. The molecule has 2 aromatic rings. The molecule has 1 aromatic heterocycles. The second kappa shape index (κ2) is 8.73. The minimum atomic E-state index is -0.391. The van der Waals surface area contributed by atoms with Gasteiger partial charge in [-0.3, -0.25) is 9.78 Å². The van der Waals surface area contributed by atoms with E-state index < -0.39 is 5.97 Å². The predicted molar refractivity (Wildman–Crippen MR) is 103 cm³/mol. The van der Waals surface area contributed by atoms with Gasteiger partial charge in [0.05, 0.1) is 26.9 Å². The van der Waals surface area contributed by atoms with Crippen molar-refractivity contribution in [3.63, 3.8) is 0 Å². The first kappa shape index (κ1) is 19.7. The molecule has 0 radical (unpaired) electrons. The van der Waals surface area contributed by atoms with Crippen molar-refractivity contribution in [2.24, 2.45) is 0 Å². The fourth-order valence-electron chi connectivity index (χ4n) is 3.44. The van der Waals surface area contributed by atoms with E-state index in [1.165, 1.54) is 13.3 Å². The molecule has 148 valence electrons. The normalized spacial score (nSPS) is 12.9. The number of fused-ring (bicyclic) bond motifs is 1. The third-order valence-corrected chi connectivity index (χ3v) is 4.97. The number of ether oxygens (including phenoxy) is 3. The highest BCUT2D eigenvalue weighted by molar-refractivity contribution is 5.91. The van der Waals surface area contributed by atoms with Crippen molar-refractivity contribution in [3.8, 4) is 11.5 Å². The van der Waals surface area contributed by atoms with Gasteiger partial charge in [-0.2, -0.15) is 0 Å². The largest absolute Gasteiger partial charge is 0.493 e. The van der Waals surface area contributed by atoms with Gasteiger partial charge in [-0.25, -0.2) is 4.79 Å². The maximum absolute atomic E-state index is 12.7. The van der Waals surface area contributed by atoms with Gasteiger partial charge < -0.3 is 19.1 Å². The van der Waals surface area contributed by atoms with Gasteiger partial charge in [0.2, 0.25) is 5.91 Å². The van der Waals surface area contributed by atoms with Crippen molar-refractivity contribution in [3.05, 3.63) is 52.8 Å². The lowest BCUT2D eigenvalue weighted by atomic mass is 9.96. The number of aryl methyl sites for hydroxylation is 1. The van der Waals surface area contributed by atoms with E-state index in [1.807, 2.05) is 23.1 Å². The Morgan fingerprint density at radius 3 is 2.61 bits per heavy atom. The minimum Gasteiger partial charge on any atom is -0.493 e. The molecule has 0 fully saturated rings. The summed E-state index contributed by atoms with van der Waals surface area (Å²) in [4.78, 5) is 30.5. The molecule has 0 saturated heterocycles. The second-order valence-electron chi connectivity index (χ2n) is 6.57. The van der Waals surface area contributed by atoms with Crippen LogP contribution in [0.25, 0.3) is 0 Å². The number of carbonyl (C=O) groups excluding carboxylic acids is 2. The quantitative estimate of drug-likeness (QED) is 0.712. The molecule has 1 aliphatic heterocycles. The maximum Gasteiger partial charge on any atom is 0.339 e. The van der Waals surface area contributed by atoms with Gasteiger partial charge >= 0.3 is 5.97 Å². The number of hydrogen-bond acceptors (Lipinski definition) is 6. The number of methoxy groups -OCH3 is 3.